The van der Waals surface area contributed by atoms with Gasteiger partial charge in [0.25, 0.3) is 0 Å². The highest BCUT2D eigenvalue weighted by Gasteiger charge is 2.11. The molecule has 0 saturated carbocycles. The lowest BCUT2D eigenvalue weighted by Crippen LogP contribution is -2.39. The number of benzene rings is 1. The van der Waals surface area contributed by atoms with Gasteiger partial charge in [-0.25, -0.2) is 4.79 Å². The number of aliphatic hydroxyl groups excluding tert-OH is 1. The Balaban J connectivity index is 1.87. The van der Waals surface area contributed by atoms with Crippen LogP contribution < -0.4 is 15.4 Å². The average Bonchev–Trinajstić information content (AvgIpc) is 2.65. The number of hydrogen-bond acceptors (Lipinski definition) is 4. The van der Waals surface area contributed by atoms with Gasteiger partial charge in [-0.2, -0.15) is 0 Å². The molecule has 0 bridgehead atoms. The molecule has 0 aliphatic carbocycles. The van der Waals surface area contributed by atoms with Gasteiger partial charge in [0.1, 0.15) is 12.4 Å². The summed E-state index contributed by atoms with van der Waals surface area (Å²) in [5, 5.41) is 14.6. The van der Waals surface area contributed by atoms with Crippen molar-refractivity contribution in [3.8, 4) is 5.75 Å². The molecule has 0 spiro atoms. The number of rotatable bonds is 8. The van der Waals surface area contributed by atoms with Crippen molar-refractivity contribution in [2.24, 2.45) is 5.92 Å². The van der Waals surface area contributed by atoms with Gasteiger partial charge in [-0.15, -0.1) is 0 Å². The quantitative estimate of drug-likeness (QED) is 0.688. The summed E-state index contributed by atoms with van der Waals surface area (Å²) >= 11 is 0. The third-order valence-electron chi connectivity index (χ3n) is 3.74. The third kappa shape index (κ3) is 6.43. The molecule has 2 rings (SSSR count). The third-order valence-corrected chi connectivity index (χ3v) is 3.74. The minimum absolute atomic E-state index is 0.0318. The molecule has 2 amide bonds. The van der Waals surface area contributed by atoms with E-state index in [0.29, 0.717) is 13.2 Å². The predicted octanol–water partition coefficient (Wildman–Crippen LogP) is 2.65. The fraction of sp³-hybridized carbons (Fsp3) is 0.368. The minimum atomic E-state index is -0.257. The lowest BCUT2D eigenvalue weighted by atomic mass is 10.1. The number of ether oxygens (including phenoxy) is 1. The van der Waals surface area contributed by atoms with E-state index >= 15 is 0 Å². The van der Waals surface area contributed by atoms with Crippen LogP contribution in [0.2, 0.25) is 0 Å². The number of aromatic nitrogens is 1. The van der Waals surface area contributed by atoms with Gasteiger partial charge in [0.15, 0.2) is 0 Å². The molecule has 2 unspecified atom stereocenters. The molecular weight excluding hydrogens is 318 g/mol. The molecule has 0 fully saturated rings. The highest BCUT2D eigenvalue weighted by molar-refractivity contribution is 5.74. The average molecular weight is 343 g/mol. The van der Waals surface area contributed by atoms with Crippen molar-refractivity contribution in [2.45, 2.75) is 26.5 Å². The fourth-order valence-electron chi connectivity index (χ4n) is 2.18. The number of carbonyl (C=O) groups excluding carboxylic acids is 1. The smallest absolute Gasteiger partial charge is 0.315 e. The maximum atomic E-state index is 11.9. The van der Waals surface area contributed by atoms with E-state index in [1.807, 2.05) is 56.3 Å². The standard InChI is InChI=1S/C19H25N3O3/c1-14(12-23)11-21-19(24)22-15(2)16-6-5-8-18(10-16)25-13-17-7-3-4-9-20-17/h3-10,14-15,23H,11-13H2,1-2H3,(H2,21,22,24). The van der Waals surface area contributed by atoms with Crippen LogP contribution in [0.15, 0.2) is 48.7 Å². The van der Waals surface area contributed by atoms with E-state index in [1.165, 1.54) is 0 Å². The van der Waals surface area contributed by atoms with E-state index in [4.69, 9.17) is 9.84 Å². The molecule has 0 radical (unpaired) electrons. The number of aliphatic hydroxyl groups is 1. The summed E-state index contributed by atoms with van der Waals surface area (Å²) in [6.07, 6.45) is 1.73. The summed E-state index contributed by atoms with van der Waals surface area (Å²) in [6.45, 7) is 4.65. The first kappa shape index (κ1) is 18.7. The topological polar surface area (TPSA) is 83.5 Å². The van der Waals surface area contributed by atoms with Crippen LogP contribution in [0.1, 0.15) is 31.1 Å². The molecule has 6 heteroatoms. The lowest BCUT2D eigenvalue weighted by Gasteiger charge is -2.17. The largest absolute Gasteiger partial charge is 0.487 e. The van der Waals surface area contributed by atoms with Crippen LogP contribution in [0.4, 0.5) is 4.79 Å². The van der Waals surface area contributed by atoms with Crippen molar-refractivity contribution in [3.63, 3.8) is 0 Å². The Bertz CT molecular complexity index is 664. The van der Waals surface area contributed by atoms with Gasteiger partial charge in [-0.3, -0.25) is 4.98 Å². The summed E-state index contributed by atoms with van der Waals surface area (Å²) in [4.78, 5) is 16.1. The summed E-state index contributed by atoms with van der Waals surface area (Å²) in [7, 11) is 0. The molecule has 25 heavy (non-hydrogen) atoms. The zero-order valence-electron chi connectivity index (χ0n) is 14.6. The van der Waals surface area contributed by atoms with Crippen LogP contribution in [0, 0.1) is 5.92 Å². The van der Waals surface area contributed by atoms with E-state index in [9.17, 15) is 4.79 Å². The number of carbonyl (C=O) groups is 1. The molecule has 1 aromatic heterocycles. The molecule has 2 aromatic rings. The van der Waals surface area contributed by atoms with Crippen LogP contribution in [0.5, 0.6) is 5.75 Å². The molecule has 2 atom stereocenters. The van der Waals surface area contributed by atoms with Gasteiger partial charge in [-0.1, -0.05) is 25.1 Å². The van der Waals surface area contributed by atoms with Crippen LogP contribution in [-0.4, -0.2) is 29.3 Å². The van der Waals surface area contributed by atoms with Crippen LogP contribution in [0.3, 0.4) is 0 Å². The predicted molar refractivity (Wildman–Crippen MR) is 96.2 cm³/mol. The second-order valence-corrected chi connectivity index (χ2v) is 6.05. The second kappa shape index (κ2) is 9.64. The normalized spacial score (nSPS) is 12.9. The van der Waals surface area contributed by atoms with Crippen molar-refractivity contribution in [1.82, 2.24) is 15.6 Å². The fourth-order valence-corrected chi connectivity index (χ4v) is 2.18. The van der Waals surface area contributed by atoms with E-state index in [0.717, 1.165) is 17.0 Å². The zero-order chi connectivity index (χ0) is 18.1. The van der Waals surface area contributed by atoms with E-state index < -0.39 is 0 Å². The molecule has 6 nitrogen and oxygen atoms in total. The lowest BCUT2D eigenvalue weighted by molar-refractivity contribution is 0.220. The summed E-state index contributed by atoms with van der Waals surface area (Å²) in [6, 6.07) is 12.9. The number of nitrogens with zero attached hydrogens (tertiary/aromatic N) is 1. The highest BCUT2D eigenvalue weighted by atomic mass is 16.5. The van der Waals surface area contributed by atoms with Gasteiger partial charge in [0.2, 0.25) is 0 Å². The Kier molecular flexibility index (Phi) is 7.22. The molecule has 1 aromatic carbocycles. The summed E-state index contributed by atoms with van der Waals surface area (Å²) in [5.41, 5.74) is 1.81. The molecule has 134 valence electrons. The van der Waals surface area contributed by atoms with Gasteiger partial charge in [0.05, 0.1) is 11.7 Å². The van der Waals surface area contributed by atoms with Gasteiger partial charge < -0.3 is 20.5 Å². The van der Waals surface area contributed by atoms with Crippen molar-refractivity contribution in [1.29, 1.82) is 0 Å². The number of nitrogens with one attached hydrogen (secondary N) is 2. The number of hydrogen-bond donors (Lipinski definition) is 3. The monoisotopic (exact) mass is 343 g/mol. The minimum Gasteiger partial charge on any atom is -0.487 e. The van der Waals surface area contributed by atoms with E-state index in [2.05, 4.69) is 15.6 Å². The molecular formula is C19H25N3O3. The van der Waals surface area contributed by atoms with Crippen molar-refractivity contribution in [3.05, 3.63) is 59.9 Å². The maximum Gasteiger partial charge on any atom is 0.315 e. The number of amides is 2. The van der Waals surface area contributed by atoms with Gasteiger partial charge in [0, 0.05) is 19.3 Å². The molecule has 0 aliphatic rings. The van der Waals surface area contributed by atoms with Crippen LogP contribution >= 0.6 is 0 Å². The highest BCUT2D eigenvalue weighted by Crippen LogP contribution is 2.19. The Morgan fingerprint density at radius 1 is 1.24 bits per heavy atom. The molecule has 1 heterocycles. The van der Waals surface area contributed by atoms with Gasteiger partial charge in [-0.05, 0) is 42.7 Å². The van der Waals surface area contributed by atoms with Gasteiger partial charge >= 0.3 is 6.03 Å². The van der Waals surface area contributed by atoms with E-state index in [-0.39, 0.29) is 24.6 Å². The Morgan fingerprint density at radius 2 is 2.08 bits per heavy atom. The van der Waals surface area contributed by atoms with Crippen molar-refractivity contribution < 1.29 is 14.6 Å². The summed E-state index contributed by atoms with van der Waals surface area (Å²) < 4.78 is 5.76. The van der Waals surface area contributed by atoms with Crippen LogP contribution in [-0.2, 0) is 6.61 Å². The molecule has 3 N–H and O–H groups in total. The van der Waals surface area contributed by atoms with E-state index in [1.54, 1.807) is 6.20 Å². The van der Waals surface area contributed by atoms with Crippen molar-refractivity contribution >= 4 is 6.03 Å². The number of urea groups is 1. The first-order valence-electron chi connectivity index (χ1n) is 8.36. The second-order valence-electron chi connectivity index (χ2n) is 6.05. The first-order valence-corrected chi connectivity index (χ1v) is 8.36. The Morgan fingerprint density at radius 3 is 2.80 bits per heavy atom. The van der Waals surface area contributed by atoms with Crippen LogP contribution in [0.25, 0.3) is 0 Å². The molecule has 0 saturated heterocycles. The first-order chi connectivity index (χ1) is 12.1. The maximum absolute atomic E-state index is 11.9. The zero-order valence-corrected chi connectivity index (χ0v) is 14.6. The Labute approximate surface area is 148 Å². The SMILES string of the molecule is CC(CO)CNC(=O)NC(C)c1cccc(OCc2ccccn2)c1. The number of pyridine rings is 1. The van der Waals surface area contributed by atoms with Crippen molar-refractivity contribution in [2.75, 3.05) is 13.2 Å². The Hall–Kier alpha value is -2.60. The molecule has 0 aliphatic heterocycles. The summed E-state index contributed by atoms with van der Waals surface area (Å²) in [5.74, 6) is 0.760.